The number of amides is 2. The van der Waals surface area contributed by atoms with Crippen molar-refractivity contribution in [2.45, 2.75) is 109 Å². The Morgan fingerprint density at radius 2 is 1.60 bits per heavy atom. The number of imidazole rings is 1. The highest BCUT2D eigenvalue weighted by Crippen LogP contribution is 2.37. The molecule has 1 atom stereocenters. The molecule has 3 aromatic rings. The van der Waals surface area contributed by atoms with Crippen molar-refractivity contribution in [3.05, 3.63) is 53.9 Å². The molecule has 0 spiro atoms. The monoisotopic (exact) mass is 595 g/mol. The predicted molar refractivity (Wildman–Crippen MR) is 167 cm³/mol. The molecule has 1 aromatic carbocycles. The summed E-state index contributed by atoms with van der Waals surface area (Å²) in [6, 6.07) is 11.6. The molecule has 1 aliphatic heterocycles. The van der Waals surface area contributed by atoms with Gasteiger partial charge in [-0.3, -0.25) is 4.90 Å². The Balaban J connectivity index is 1.70. The lowest BCUT2D eigenvalue weighted by molar-refractivity contribution is 0.0219. The smallest absolute Gasteiger partial charge is 0.415 e. The number of nitrogens with zero attached hydrogens (tertiary/aromatic N) is 5. The van der Waals surface area contributed by atoms with Crippen LogP contribution in [0.25, 0.3) is 5.65 Å². The Labute approximate surface area is 254 Å². The van der Waals surface area contributed by atoms with Crippen LogP contribution in [0.5, 0.6) is 0 Å². The molecule has 1 saturated heterocycles. The molecule has 1 aliphatic rings. The van der Waals surface area contributed by atoms with Crippen molar-refractivity contribution in [2.24, 2.45) is 0 Å². The molecule has 2 amide bonds. The number of piperidine rings is 1. The fourth-order valence-electron chi connectivity index (χ4n) is 4.89. The highest BCUT2D eigenvalue weighted by Gasteiger charge is 2.33. The molecule has 9 nitrogen and oxygen atoms in total. The molecule has 228 valence electrons. The number of hydrogen-bond donors (Lipinski definition) is 0. The molecule has 1 fully saturated rings. The minimum Gasteiger partial charge on any atom is -0.444 e. The van der Waals surface area contributed by atoms with Crippen molar-refractivity contribution in [1.29, 1.82) is 0 Å². The number of rotatable bonds is 6. The largest absolute Gasteiger partial charge is 0.444 e. The molecular weight excluding hydrogens is 550 g/mol. The molecule has 2 aromatic heterocycles. The topological polar surface area (TPSA) is 89.3 Å². The first-order valence-electron chi connectivity index (χ1n) is 14.7. The minimum atomic E-state index is -0.673. The number of fused-ring (bicyclic) bond motifs is 1. The molecule has 0 N–H and O–H groups in total. The number of hydrogen-bond acceptors (Lipinski definition) is 7. The van der Waals surface area contributed by atoms with E-state index in [1.165, 1.54) is 0 Å². The number of aromatic nitrogens is 3. The standard InChI is InChI=1S/C32H45N5O4S/c1-21(2)26-20-33-28-25(36(30(39)41-32(7,8)9)22(3)23-13-11-10-12-14-23)19-27(34-37(26)28)42-24-15-17-35(18-16-24)29(38)40-31(4,5)6/h10-14,19-22,24H,15-18H2,1-9H3/t22-/m0/s1. The lowest BCUT2D eigenvalue weighted by atomic mass is 10.1. The van der Waals surface area contributed by atoms with Crippen molar-refractivity contribution in [3.8, 4) is 0 Å². The second-order valence-electron chi connectivity index (χ2n) is 13.2. The van der Waals surface area contributed by atoms with Crippen LogP contribution >= 0.6 is 11.8 Å². The zero-order valence-corrected chi connectivity index (χ0v) is 27.2. The molecule has 4 rings (SSSR count). The van der Waals surface area contributed by atoms with Gasteiger partial charge in [0.15, 0.2) is 5.65 Å². The van der Waals surface area contributed by atoms with Gasteiger partial charge in [-0.2, -0.15) is 5.10 Å². The lowest BCUT2D eigenvalue weighted by Crippen LogP contribution is -2.42. The number of carbonyl (C=O) groups excluding carboxylic acids is 2. The number of likely N-dealkylation sites (tertiary alicyclic amines) is 1. The summed E-state index contributed by atoms with van der Waals surface area (Å²) in [6.45, 7) is 18.7. The minimum absolute atomic E-state index is 0.180. The Hall–Kier alpha value is -3.27. The number of ether oxygens (including phenoxy) is 2. The number of carbonyl (C=O) groups is 2. The Morgan fingerprint density at radius 3 is 2.17 bits per heavy atom. The molecule has 10 heteroatoms. The summed E-state index contributed by atoms with van der Waals surface area (Å²) in [5.41, 5.74) is 2.01. The third kappa shape index (κ3) is 7.76. The summed E-state index contributed by atoms with van der Waals surface area (Å²) in [5, 5.41) is 6.05. The first kappa shape index (κ1) is 31.7. The van der Waals surface area contributed by atoms with Crippen LogP contribution in [0.2, 0.25) is 0 Å². The Morgan fingerprint density at radius 1 is 0.976 bits per heavy atom. The summed E-state index contributed by atoms with van der Waals surface area (Å²) in [4.78, 5) is 34.7. The van der Waals surface area contributed by atoms with E-state index in [-0.39, 0.29) is 23.3 Å². The van der Waals surface area contributed by atoms with Crippen LogP contribution < -0.4 is 4.90 Å². The summed E-state index contributed by atoms with van der Waals surface area (Å²) in [7, 11) is 0. The van der Waals surface area contributed by atoms with E-state index in [0.717, 1.165) is 29.1 Å². The van der Waals surface area contributed by atoms with Crippen molar-refractivity contribution in [3.63, 3.8) is 0 Å². The van der Waals surface area contributed by atoms with Crippen LogP contribution in [-0.2, 0) is 9.47 Å². The lowest BCUT2D eigenvalue weighted by Gasteiger charge is -2.33. The van der Waals surface area contributed by atoms with E-state index in [0.29, 0.717) is 24.4 Å². The van der Waals surface area contributed by atoms with Crippen molar-refractivity contribution < 1.29 is 19.1 Å². The van der Waals surface area contributed by atoms with E-state index < -0.39 is 17.3 Å². The van der Waals surface area contributed by atoms with Gasteiger partial charge in [-0.25, -0.2) is 19.1 Å². The SMILES string of the molecule is CC(C)c1cnc2c(N(C(=O)OC(C)(C)C)[C@@H](C)c3ccccc3)cc(SC3CCN(C(=O)OC(C)(C)C)CC3)nn12. The van der Waals surface area contributed by atoms with E-state index in [1.807, 2.05) is 95.6 Å². The van der Waals surface area contributed by atoms with E-state index >= 15 is 0 Å². The van der Waals surface area contributed by atoms with Gasteiger partial charge in [0, 0.05) is 18.3 Å². The van der Waals surface area contributed by atoms with Gasteiger partial charge in [0.25, 0.3) is 0 Å². The maximum absolute atomic E-state index is 13.8. The molecular formula is C32H45N5O4S. The molecule has 0 saturated carbocycles. The second-order valence-corrected chi connectivity index (χ2v) is 14.5. The van der Waals surface area contributed by atoms with Gasteiger partial charge in [0.2, 0.25) is 0 Å². The zero-order chi connectivity index (χ0) is 30.8. The Bertz CT molecular complexity index is 1390. The summed E-state index contributed by atoms with van der Waals surface area (Å²) in [5.74, 6) is 0.180. The van der Waals surface area contributed by atoms with Crippen molar-refractivity contribution >= 4 is 35.3 Å². The average molecular weight is 596 g/mol. The van der Waals surface area contributed by atoms with Gasteiger partial charge in [0.1, 0.15) is 16.2 Å². The Kier molecular flexibility index (Phi) is 9.45. The normalized spacial score (nSPS) is 15.6. The highest BCUT2D eigenvalue weighted by atomic mass is 32.2. The first-order chi connectivity index (χ1) is 19.6. The van der Waals surface area contributed by atoms with Crippen LogP contribution in [-0.4, -0.2) is 61.2 Å². The molecule has 0 bridgehead atoms. The van der Waals surface area contributed by atoms with E-state index in [1.54, 1.807) is 21.6 Å². The van der Waals surface area contributed by atoms with Crippen molar-refractivity contribution in [1.82, 2.24) is 19.5 Å². The maximum Gasteiger partial charge on any atom is 0.415 e. The summed E-state index contributed by atoms with van der Waals surface area (Å²) in [6.07, 6.45) is 2.76. The average Bonchev–Trinajstić information content (AvgIpc) is 3.32. The van der Waals surface area contributed by atoms with Crippen LogP contribution in [0.1, 0.15) is 98.4 Å². The van der Waals surface area contributed by atoms with Gasteiger partial charge in [-0.15, -0.1) is 11.8 Å². The van der Waals surface area contributed by atoms with Gasteiger partial charge in [-0.1, -0.05) is 44.2 Å². The molecule has 3 heterocycles. The second kappa shape index (κ2) is 12.5. The third-order valence-electron chi connectivity index (χ3n) is 6.94. The van der Waals surface area contributed by atoms with Gasteiger partial charge in [0.05, 0.1) is 23.6 Å². The highest BCUT2D eigenvalue weighted by molar-refractivity contribution is 7.99. The fourth-order valence-corrected chi connectivity index (χ4v) is 5.98. The number of thioether (sulfide) groups is 1. The quantitative estimate of drug-likeness (QED) is 0.287. The maximum atomic E-state index is 13.8. The molecule has 0 radical (unpaired) electrons. The number of anilines is 1. The molecule has 0 aliphatic carbocycles. The van der Waals surface area contributed by atoms with Crippen LogP contribution in [0.15, 0.2) is 47.6 Å². The van der Waals surface area contributed by atoms with Gasteiger partial charge < -0.3 is 14.4 Å². The van der Waals surface area contributed by atoms with Gasteiger partial charge >= 0.3 is 12.2 Å². The molecule has 0 unspecified atom stereocenters. The summed E-state index contributed by atoms with van der Waals surface area (Å²) < 4.78 is 13.4. The third-order valence-corrected chi connectivity index (χ3v) is 8.19. The van der Waals surface area contributed by atoms with E-state index in [2.05, 4.69) is 13.8 Å². The van der Waals surface area contributed by atoms with Crippen LogP contribution in [0, 0.1) is 0 Å². The van der Waals surface area contributed by atoms with E-state index in [9.17, 15) is 9.59 Å². The number of benzene rings is 1. The molecule has 42 heavy (non-hydrogen) atoms. The first-order valence-corrected chi connectivity index (χ1v) is 15.6. The summed E-state index contributed by atoms with van der Waals surface area (Å²) >= 11 is 1.68. The predicted octanol–water partition coefficient (Wildman–Crippen LogP) is 7.85. The fraction of sp³-hybridized carbons (Fsp3) is 0.562. The van der Waals surface area contributed by atoms with Gasteiger partial charge in [-0.05, 0) is 78.9 Å². The zero-order valence-electron chi connectivity index (χ0n) is 26.4. The van der Waals surface area contributed by atoms with E-state index in [4.69, 9.17) is 19.6 Å². The van der Waals surface area contributed by atoms with Crippen LogP contribution in [0.3, 0.4) is 0 Å². The van der Waals surface area contributed by atoms with Crippen LogP contribution in [0.4, 0.5) is 15.3 Å². The van der Waals surface area contributed by atoms with Crippen molar-refractivity contribution in [2.75, 3.05) is 18.0 Å².